The van der Waals surface area contributed by atoms with Gasteiger partial charge in [0.1, 0.15) is 20.8 Å². The second-order valence-electron chi connectivity index (χ2n) is 7.36. The first-order valence-corrected chi connectivity index (χ1v) is 14.1. The number of anilines is 2. The highest BCUT2D eigenvalue weighted by Gasteiger charge is 2.34. The molecule has 0 atom stereocenters. The van der Waals surface area contributed by atoms with E-state index in [1.807, 2.05) is 0 Å². The molecule has 0 radical (unpaired) electrons. The zero-order valence-electron chi connectivity index (χ0n) is 19.8. The van der Waals surface area contributed by atoms with Crippen molar-refractivity contribution in [2.24, 2.45) is 7.05 Å². The molecule has 4 rings (SSSR count). The van der Waals surface area contributed by atoms with E-state index in [2.05, 4.69) is 57.2 Å². The van der Waals surface area contributed by atoms with Crippen LogP contribution in [0, 0.1) is 7.14 Å². The zero-order valence-corrected chi connectivity index (χ0v) is 27.3. The molecule has 222 valence electrons. The summed E-state index contributed by atoms with van der Waals surface area (Å²) in [7, 11) is 1.72. The largest absolute Gasteiger partial charge is 0.418 e. The molecule has 4 aromatic heterocycles. The number of rotatable bonds is 2. The fourth-order valence-corrected chi connectivity index (χ4v) is 4.97. The Morgan fingerprint density at radius 2 is 1.24 bits per heavy atom. The van der Waals surface area contributed by atoms with Gasteiger partial charge >= 0.3 is 18.5 Å². The minimum atomic E-state index is -4.38. The third-order valence-corrected chi connectivity index (χ3v) is 7.10. The van der Waals surface area contributed by atoms with Gasteiger partial charge in [0.25, 0.3) is 0 Å². The minimum Gasteiger partial charge on any atom is -0.325 e. The van der Waals surface area contributed by atoms with Crippen molar-refractivity contribution in [3.8, 4) is 0 Å². The van der Waals surface area contributed by atoms with Gasteiger partial charge in [0.05, 0.1) is 22.9 Å². The highest BCUT2D eigenvalue weighted by atomic mass is 127. The second kappa shape index (κ2) is 14.6. The summed E-state index contributed by atoms with van der Waals surface area (Å²) in [6, 6.07) is 6.59. The van der Waals surface area contributed by atoms with Crippen molar-refractivity contribution >= 4 is 88.7 Å². The molecule has 6 nitrogen and oxygen atoms in total. The second-order valence-corrected chi connectivity index (χ2v) is 11.3. The third kappa shape index (κ3) is 11.5. The summed E-state index contributed by atoms with van der Waals surface area (Å²) in [4.78, 5) is 10.7. The number of halogens is 13. The molecule has 0 amide bonds. The Bertz CT molecular complexity index is 1440. The molecule has 0 unspecified atom stereocenters. The first-order chi connectivity index (χ1) is 18.8. The number of hydrogen-bond acceptors (Lipinski definition) is 5. The first kappa shape index (κ1) is 35.4. The van der Waals surface area contributed by atoms with Crippen LogP contribution in [-0.4, -0.2) is 24.7 Å². The molecule has 0 spiro atoms. The SMILES string of the molecule is Cn1nccc1Nc1cc(I)c(C(F)(F)F)cn1.FC(F)(F)c1ccc(Br)nc1.FC(F)(F)c1cnc(Br)cc1I. The number of nitrogens with zero attached hydrogens (tertiary/aromatic N) is 5. The van der Waals surface area contributed by atoms with Crippen molar-refractivity contribution in [3.63, 3.8) is 0 Å². The van der Waals surface area contributed by atoms with Crippen LogP contribution in [0.4, 0.5) is 51.1 Å². The van der Waals surface area contributed by atoms with Crippen molar-refractivity contribution in [2.75, 3.05) is 5.32 Å². The highest BCUT2D eigenvalue weighted by molar-refractivity contribution is 14.1. The van der Waals surface area contributed by atoms with E-state index in [1.165, 1.54) is 18.2 Å². The lowest BCUT2D eigenvalue weighted by atomic mass is 10.3. The lowest BCUT2D eigenvalue weighted by Gasteiger charge is -2.11. The predicted molar refractivity (Wildman–Crippen MR) is 155 cm³/mol. The van der Waals surface area contributed by atoms with Gasteiger partial charge in [-0.2, -0.15) is 44.6 Å². The molecule has 4 aromatic rings. The molecule has 0 fully saturated rings. The Morgan fingerprint density at radius 1 is 0.707 bits per heavy atom. The van der Waals surface area contributed by atoms with Crippen molar-refractivity contribution in [1.82, 2.24) is 24.7 Å². The van der Waals surface area contributed by atoms with Crippen LogP contribution in [0.1, 0.15) is 16.7 Å². The van der Waals surface area contributed by atoms with Crippen molar-refractivity contribution in [3.05, 3.63) is 88.2 Å². The van der Waals surface area contributed by atoms with Gasteiger partial charge in [0.2, 0.25) is 0 Å². The Morgan fingerprint density at radius 3 is 1.66 bits per heavy atom. The Kier molecular flexibility index (Phi) is 12.6. The molecule has 0 saturated heterocycles. The van der Waals surface area contributed by atoms with Gasteiger partial charge in [-0.05, 0) is 101 Å². The molecule has 41 heavy (non-hydrogen) atoms. The molecule has 0 aromatic carbocycles. The van der Waals surface area contributed by atoms with Gasteiger partial charge in [-0.1, -0.05) is 0 Å². The number of aromatic nitrogens is 5. The van der Waals surface area contributed by atoms with E-state index in [-0.39, 0.29) is 7.14 Å². The summed E-state index contributed by atoms with van der Waals surface area (Å²) in [5.74, 6) is 0.994. The predicted octanol–water partition coefficient (Wildman–Crippen LogP) is 9.51. The summed E-state index contributed by atoms with van der Waals surface area (Å²) in [5, 5.41) is 6.83. The molecular weight excluding hydrogens is 933 g/mol. The van der Waals surface area contributed by atoms with Crippen LogP contribution in [-0.2, 0) is 25.6 Å². The van der Waals surface area contributed by atoms with Crippen LogP contribution in [0.5, 0.6) is 0 Å². The molecule has 0 aliphatic carbocycles. The first-order valence-electron chi connectivity index (χ1n) is 10.3. The smallest absolute Gasteiger partial charge is 0.325 e. The Hall–Kier alpha value is -1.75. The van der Waals surface area contributed by atoms with Crippen LogP contribution >= 0.6 is 77.0 Å². The normalized spacial score (nSPS) is 11.7. The molecule has 1 N–H and O–H groups in total. The summed E-state index contributed by atoms with van der Waals surface area (Å²) >= 11 is 9.17. The standard InChI is InChI=1S/C10H8F3IN4.C6H2BrF3IN.C6H3BrF3N/c1-18-9(2-3-16-18)17-8-4-7(14)6(5-15-8)10(11,12)13;7-5-1-4(11)3(2-12-5)6(8,9)10;7-5-2-1-4(3-11-5)6(8,9)10/h2-5H,1H3,(H,15,17);1-2H;1-3H. The summed E-state index contributed by atoms with van der Waals surface area (Å²) in [6.07, 6.45) is -9.00. The molecule has 0 aliphatic heterocycles. The summed E-state index contributed by atoms with van der Waals surface area (Å²) in [6.45, 7) is 0. The van der Waals surface area contributed by atoms with E-state index in [0.29, 0.717) is 20.8 Å². The molecule has 0 saturated carbocycles. The van der Waals surface area contributed by atoms with Crippen LogP contribution in [0.3, 0.4) is 0 Å². The zero-order chi connectivity index (χ0) is 31.2. The summed E-state index contributed by atoms with van der Waals surface area (Å²) in [5.41, 5.74) is -2.18. The van der Waals surface area contributed by atoms with Crippen LogP contribution in [0.15, 0.2) is 64.3 Å². The van der Waals surface area contributed by atoms with E-state index in [0.717, 1.165) is 24.7 Å². The number of nitrogens with one attached hydrogen (secondary N) is 1. The topological polar surface area (TPSA) is 68.5 Å². The van der Waals surface area contributed by atoms with Crippen molar-refractivity contribution in [2.45, 2.75) is 18.5 Å². The minimum absolute atomic E-state index is 0.0970. The fourth-order valence-electron chi connectivity index (χ4n) is 2.50. The monoisotopic (exact) mass is 944 g/mol. The molecule has 0 bridgehead atoms. The van der Waals surface area contributed by atoms with E-state index < -0.39 is 35.2 Å². The number of pyridine rings is 3. The number of aryl methyl sites for hydroxylation is 1. The molecule has 4 heterocycles. The van der Waals surface area contributed by atoms with E-state index in [4.69, 9.17) is 0 Å². The van der Waals surface area contributed by atoms with Gasteiger partial charge in [0.15, 0.2) is 0 Å². The van der Waals surface area contributed by atoms with Gasteiger partial charge in [-0.3, -0.25) is 4.68 Å². The van der Waals surface area contributed by atoms with Gasteiger partial charge in [-0.25, -0.2) is 15.0 Å². The quantitative estimate of drug-likeness (QED) is 0.123. The number of alkyl halides is 9. The van der Waals surface area contributed by atoms with Gasteiger partial charge < -0.3 is 5.32 Å². The molecule has 0 aliphatic rings. The highest BCUT2D eigenvalue weighted by Crippen LogP contribution is 2.34. The molecular formula is C22H13Br2F9I2N6. The lowest BCUT2D eigenvalue weighted by Crippen LogP contribution is -2.09. The van der Waals surface area contributed by atoms with Crippen LogP contribution in [0.2, 0.25) is 0 Å². The number of hydrogen-bond donors (Lipinski definition) is 1. The maximum atomic E-state index is 12.5. The maximum absolute atomic E-state index is 12.5. The Labute approximate surface area is 270 Å². The summed E-state index contributed by atoms with van der Waals surface area (Å²) < 4.78 is 112. The van der Waals surface area contributed by atoms with Gasteiger partial charge in [-0.15, -0.1) is 0 Å². The van der Waals surface area contributed by atoms with E-state index >= 15 is 0 Å². The fraction of sp³-hybridized carbons (Fsp3) is 0.182. The van der Waals surface area contributed by atoms with E-state index in [9.17, 15) is 39.5 Å². The van der Waals surface area contributed by atoms with Crippen LogP contribution in [0.25, 0.3) is 0 Å². The average molecular weight is 946 g/mol. The lowest BCUT2D eigenvalue weighted by molar-refractivity contribution is -0.139. The van der Waals surface area contributed by atoms with Gasteiger partial charge in [0, 0.05) is 38.8 Å². The van der Waals surface area contributed by atoms with E-state index in [1.54, 1.807) is 69.2 Å². The maximum Gasteiger partial charge on any atom is 0.418 e. The van der Waals surface area contributed by atoms with Crippen LogP contribution < -0.4 is 5.32 Å². The molecule has 19 heteroatoms. The Balaban J connectivity index is 0.000000225. The van der Waals surface area contributed by atoms with Crippen molar-refractivity contribution < 1.29 is 39.5 Å². The van der Waals surface area contributed by atoms with Crippen molar-refractivity contribution in [1.29, 1.82) is 0 Å². The third-order valence-electron chi connectivity index (χ3n) is 4.42. The average Bonchev–Trinajstić information content (AvgIpc) is 3.22.